The van der Waals surface area contributed by atoms with E-state index in [0.29, 0.717) is 18.6 Å². The van der Waals surface area contributed by atoms with Crippen LogP contribution in [0.1, 0.15) is 23.5 Å². The third-order valence-electron chi connectivity index (χ3n) is 4.24. The summed E-state index contributed by atoms with van der Waals surface area (Å²) in [5.74, 6) is 0.494. The first kappa shape index (κ1) is 11.8. The van der Waals surface area contributed by atoms with E-state index in [1.165, 1.54) is 16.5 Å². The lowest BCUT2D eigenvalue weighted by atomic mass is 10.0. The van der Waals surface area contributed by atoms with E-state index in [1.807, 2.05) is 0 Å². The summed E-state index contributed by atoms with van der Waals surface area (Å²) >= 11 is 0. The number of hydrogen-bond acceptors (Lipinski definition) is 3. The monoisotopic (exact) mass is 271 g/mol. The third-order valence-corrected chi connectivity index (χ3v) is 4.24. The number of amides is 1. The van der Waals surface area contributed by atoms with Gasteiger partial charge in [0.05, 0.1) is 6.04 Å². The number of aromatic amines is 1. The number of nitrogens with one attached hydrogen (secondary N) is 2. The molecule has 1 saturated heterocycles. The van der Waals surface area contributed by atoms with E-state index in [-0.39, 0.29) is 12.1 Å². The molecular formula is C15H17N3O2. The van der Waals surface area contributed by atoms with Crippen molar-refractivity contribution in [3.05, 3.63) is 35.5 Å². The highest BCUT2D eigenvalue weighted by Gasteiger charge is 2.36. The van der Waals surface area contributed by atoms with Crippen LogP contribution in [-0.4, -0.2) is 29.8 Å². The number of cyclic esters (lactones) is 1. The number of H-pyrrole nitrogens is 1. The van der Waals surface area contributed by atoms with Gasteiger partial charge in [0.2, 0.25) is 0 Å². The Morgan fingerprint density at radius 3 is 2.95 bits per heavy atom. The molecule has 3 atom stereocenters. The van der Waals surface area contributed by atoms with E-state index < -0.39 is 0 Å². The molecule has 20 heavy (non-hydrogen) atoms. The van der Waals surface area contributed by atoms with Crippen LogP contribution in [0.4, 0.5) is 4.79 Å². The van der Waals surface area contributed by atoms with Crippen molar-refractivity contribution in [2.75, 3.05) is 6.61 Å². The molecule has 2 aliphatic rings. The highest BCUT2D eigenvalue weighted by molar-refractivity contribution is 5.85. The van der Waals surface area contributed by atoms with E-state index in [9.17, 15) is 4.79 Å². The molecule has 2 fully saturated rings. The number of aromatic nitrogens is 1. The second-order valence-corrected chi connectivity index (χ2v) is 5.77. The van der Waals surface area contributed by atoms with Gasteiger partial charge >= 0.3 is 6.09 Å². The highest BCUT2D eigenvalue weighted by Crippen LogP contribution is 2.42. The number of hydrogen-bond donors (Lipinski definition) is 3. The second-order valence-electron chi connectivity index (χ2n) is 5.77. The summed E-state index contributed by atoms with van der Waals surface area (Å²) in [4.78, 5) is 14.4. The highest BCUT2D eigenvalue weighted by atomic mass is 16.6. The molecule has 1 aliphatic carbocycles. The van der Waals surface area contributed by atoms with Crippen LogP contribution in [0.5, 0.6) is 0 Å². The van der Waals surface area contributed by atoms with Gasteiger partial charge in [-0.1, -0.05) is 6.07 Å². The molecule has 5 heteroatoms. The molecule has 1 aromatic carbocycles. The molecular weight excluding hydrogens is 254 g/mol. The maximum Gasteiger partial charge on any atom is 0.407 e. The van der Waals surface area contributed by atoms with Crippen molar-refractivity contribution in [3.8, 4) is 0 Å². The summed E-state index contributed by atoms with van der Waals surface area (Å²) in [6.45, 7) is 0.449. The summed E-state index contributed by atoms with van der Waals surface area (Å²) in [5.41, 5.74) is 9.64. The molecule has 104 valence electrons. The minimum absolute atomic E-state index is 0.0746. The molecule has 0 radical (unpaired) electrons. The average Bonchev–Trinajstić information content (AvgIpc) is 2.85. The predicted octanol–water partition coefficient (Wildman–Crippen LogP) is 1.63. The van der Waals surface area contributed by atoms with Crippen LogP contribution in [-0.2, 0) is 11.2 Å². The molecule has 1 aliphatic heterocycles. The first-order valence-corrected chi connectivity index (χ1v) is 6.99. The predicted molar refractivity (Wildman–Crippen MR) is 75.6 cm³/mol. The normalized spacial score (nSPS) is 28.4. The van der Waals surface area contributed by atoms with Crippen molar-refractivity contribution in [1.82, 2.24) is 10.3 Å². The Hall–Kier alpha value is -2.01. The number of ether oxygens (including phenoxy) is 1. The number of fused-ring (bicyclic) bond motifs is 1. The Labute approximate surface area is 116 Å². The second kappa shape index (κ2) is 4.24. The maximum absolute atomic E-state index is 11.1. The van der Waals surface area contributed by atoms with Crippen LogP contribution in [0.25, 0.3) is 10.9 Å². The molecule has 1 saturated carbocycles. The summed E-state index contributed by atoms with van der Waals surface area (Å²) in [6, 6.07) is 6.78. The lowest BCUT2D eigenvalue weighted by Crippen LogP contribution is -2.28. The standard InChI is InChI=1S/C15H17N3O2/c16-13-5-10(13)12-6-17-14-2-1-8(4-11(12)14)3-9-7-20-15(19)18-9/h1-2,4,6,9-10,13,17H,3,5,7,16H2,(H,18,19). The Morgan fingerprint density at radius 1 is 1.40 bits per heavy atom. The molecule has 2 aromatic rings. The van der Waals surface area contributed by atoms with Gasteiger partial charge in [-0.15, -0.1) is 0 Å². The quantitative estimate of drug-likeness (QED) is 0.793. The van der Waals surface area contributed by atoms with Crippen molar-refractivity contribution in [2.45, 2.75) is 30.8 Å². The topological polar surface area (TPSA) is 80.1 Å². The van der Waals surface area contributed by atoms with Crippen molar-refractivity contribution in [1.29, 1.82) is 0 Å². The Kier molecular flexibility index (Phi) is 2.50. The van der Waals surface area contributed by atoms with Gasteiger partial charge in [0, 0.05) is 29.1 Å². The fourth-order valence-electron chi connectivity index (χ4n) is 3.02. The van der Waals surface area contributed by atoms with Gasteiger partial charge in [-0.05, 0) is 36.1 Å². The summed E-state index contributed by atoms with van der Waals surface area (Å²) in [5, 5.41) is 4.07. The van der Waals surface area contributed by atoms with E-state index in [0.717, 1.165) is 18.4 Å². The maximum atomic E-state index is 11.1. The molecule has 4 N–H and O–H groups in total. The fourth-order valence-corrected chi connectivity index (χ4v) is 3.02. The first-order chi connectivity index (χ1) is 9.70. The lowest BCUT2D eigenvalue weighted by Gasteiger charge is -2.07. The zero-order valence-electron chi connectivity index (χ0n) is 11.1. The molecule has 4 rings (SSSR count). The van der Waals surface area contributed by atoms with Crippen molar-refractivity contribution >= 4 is 17.0 Å². The van der Waals surface area contributed by atoms with Gasteiger partial charge in [0.25, 0.3) is 0 Å². The molecule has 0 bridgehead atoms. The summed E-state index contributed by atoms with van der Waals surface area (Å²) in [6.07, 6.45) is 3.63. The molecule has 2 heterocycles. The smallest absolute Gasteiger partial charge is 0.407 e. The fraction of sp³-hybridized carbons (Fsp3) is 0.400. The van der Waals surface area contributed by atoms with Gasteiger partial charge in [-0.25, -0.2) is 4.79 Å². The number of alkyl carbamates (subject to hydrolysis) is 1. The van der Waals surface area contributed by atoms with Crippen LogP contribution in [0, 0.1) is 0 Å². The number of benzene rings is 1. The number of carbonyl (C=O) groups is 1. The third kappa shape index (κ3) is 1.94. The van der Waals surface area contributed by atoms with Crippen LogP contribution < -0.4 is 11.1 Å². The van der Waals surface area contributed by atoms with E-state index in [4.69, 9.17) is 10.5 Å². The lowest BCUT2D eigenvalue weighted by molar-refractivity contribution is 0.177. The van der Waals surface area contributed by atoms with Gasteiger partial charge in [0.1, 0.15) is 6.61 Å². The molecule has 1 amide bonds. The number of carbonyl (C=O) groups excluding carboxylic acids is 1. The van der Waals surface area contributed by atoms with Crippen LogP contribution >= 0.6 is 0 Å². The van der Waals surface area contributed by atoms with Crippen molar-refractivity contribution in [3.63, 3.8) is 0 Å². The molecule has 1 aromatic heterocycles. The SMILES string of the molecule is NC1CC1c1c[nH]c2ccc(CC3COC(=O)N3)cc12. The van der Waals surface area contributed by atoms with Gasteiger partial charge < -0.3 is 20.8 Å². The molecule has 5 nitrogen and oxygen atoms in total. The summed E-state index contributed by atoms with van der Waals surface area (Å²) in [7, 11) is 0. The van der Waals surface area contributed by atoms with Crippen LogP contribution in [0.3, 0.4) is 0 Å². The minimum atomic E-state index is -0.317. The molecule has 3 unspecified atom stereocenters. The van der Waals surface area contributed by atoms with E-state index in [2.05, 4.69) is 34.7 Å². The minimum Gasteiger partial charge on any atom is -0.447 e. The number of nitrogens with two attached hydrogens (primary N) is 1. The molecule has 0 spiro atoms. The Bertz CT molecular complexity index is 679. The average molecular weight is 271 g/mol. The first-order valence-electron chi connectivity index (χ1n) is 6.99. The zero-order valence-corrected chi connectivity index (χ0v) is 11.1. The largest absolute Gasteiger partial charge is 0.447 e. The van der Waals surface area contributed by atoms with E-state index in [1.54, 1.807) is 0 Å². The van der Waals surface area contributed by atoms with E-state index >= 15 is 0 Å². The van der Waals surface area contributed by atoms with Crippen LogP contribution in [0.2, 0.25) is 0 Å². The Balaban J connectivity index is 1.62. The zero-order chi connectivity index (χ0) is 13.7. The van der Waals surface area contributed by atoms with Crippen molar-refractivity contribution < 1.29 is 9.53 Å². The van der Waals surface area contributed by atoms with Gasteiger partial charge in [0.15, 0.2) is 0 Å². The van der Waals surface area contributed by atoms with Crippen molar-refractivity contribution in [2.24, 2.45) is 5.73 Å². The van der Waals surface area contributed by atoms with Gasteiger partial charge in [-0.2, -0.15) is 0 Å². The number of rotatable bonds is 3. The van der Waals surface area contributed by atoms with Crippen LogP contribution in [0.15, 0.2) is 24.4 Å². The summed E-state index contributed by atoms with van der Waals surface area (Å²) < 4.78 is 4.92. The van der Waals surface area contributed by atoms with Gasteiger partial charge in [-0.3, -0.25) is 0 Å². The Morgan fingerprint density at radius 2 is 2.25 bits per heavy atom.